The van der Waals surface area contributed by atoms with Crippen LogP contribution in [0.3, 0.4) is 0 Å². The third-order valence-corrected chi connectivity index (χ3v) is 9.12. The monoisotopic (exact) mass is 332 g/mol. The molecule has 2 atom stereocenters. The second-order valence-corrected chi connectivity index (χ2v) is 10.1. The molecule has 130 valence electrons. The second-order valence-electron chi connectivity index (χ2n) is 7.32. The molecule has 0 bridgehead atoms. The van der Waals surface area contributed by atoms with Crippen LogP contribution in [0.2, 0.25) is 0 Å². The second kappa shape index (κ2) is 10.5. The van der Waals surface area contributed by atoms with Crippen molar-refractivity contribution in [2.45, 2.75) is 103 Å². The Morgan fingerprint density at radius 3 is 2.22 bits per heavy atom. The summed E-state index contributed by atoms with van der Waals surface area (Å²) >= 11 is 0. The number of unbranched alkanes of at least 4 members (excludes halogenated alkanes) is 1. The van der Waals surface area contributed by atoms with Crippen LogP contribution in [0.25, 0.3) is 0 Å². The van der Waals surface area contributed by atoms with Gasteiger partial charge in [0, 0.05) is 0 Å². The van der Waals surface area contributed by atoms with Gasteiger partial charge in [-0.2, -0.15) is 0 Å². The summed E-state index contributed by atoms with van der Waals surface area (Å²) in [6, 6.07) is 9.87. The van der Waals surface area contributed by atoms with Crippen molar-refractivity contribution >= 4 is 13.2 Å². The Balaban J connectivity index is 2.17. The summed E-state index contributed by atoms with van der Waals surface area (Å²) in [5.41, 5.74) is 3.48. The van der Waals surface area contributed by atoms with E-state index in [9.17, 15) is 0 Å². The van der Waals surface area contributed by atoms with Gasteiger partial charge in [-0.25, -0.2) is 0 Å². The van der Waals surface area contributed by atoms with E-state index in [2.05, 4.69) is 45.0 Å². The zero-order chi connectivity index (χ0) is 16.5. The van der Waals surface area contributed by atoms with Gasteiger partial charge in [0.1, 0.15) is 0 Å². The minimum Gasteiger partial charge on any atom is -0.0690 e. The van der Waals surface area contributed by atoms with E-state index < -0.39 is 0 Å². The molecule has 23 heavy (non-hydrogen) atoms. The van der Waals surface area contributed by atoms with Gasteiger partial charge in [0.05, 0.1) is 0 Å². The first-order chi connectivity index (χ1) is 11.3. The van der Waals surface area contributed by atoms with Crippen molar-refractivity contribution in [1.29, 1.82) is 0 Å². The van der Waals surface area contributed by atoms with E-state index in [-0.39, 0.29) is 7.92 Å². The summed E-state index contributed by atoms with van der Waals surface area (Å²) in [7, 11) is 0.0314. The lowest BCUT2D eigenvalue weighted by atomic mass is 10.0. The predicted octanol–water partition coefficient (Wildman–Crippen LogP) is 7.05. The Labute approximate surface area is 146 Å². The van der Waals surface area contributed by atoms with E-state index in [0.29, 0.717) is 0 Å². The quantitative estimate of drug-likeness (QED) is 0.425. The highest BCUT2D eigenvalue weighted by Gasteiger charge is 2.29. The summed E-state index contributed by atoms with van der Waals surface area (Å²) in [6.45, 7) is 7.08. The van der Waals surface area contributed by atoms with Gasteiger partial charge >= 0.3 is 0 Å². The molecule has 0 N–H and O–H groups in total. The molecule has 1 fully saturated rings. The normalized spacial score (nSPS) is 18.7. The Hall–Kier alpha value is -0.350. The van der Waals surface area contributed by atoms with E-state index in [0.717, 1.165) is 11.3 Å². The lowest BCUT2D eigenvalue weighted by Crippen LogP contribution is -2.24. The molecular weight excluding hydrogens is 295 g/mol. The maximum absolute atomic E-state index is 2.50. The predicted molar refractivity (Wildman–Crippen MR) is 107 cm³/mol. The van der Waals surface area contributed by atoms with E-state index >= 15 is 0 Å². The molecule has 0 spiro atoms. The molecule has 2 unspecified atom stereocenters. The van der Waals surface area contributed by atoms with Gasteiger partial charge in [-0.1, -0.05) is 85.1 Å². The molecule has 1 heteroatoms. The van der Waals surface area contributed by atoms with Crippen LogP contribution in [0.15, 0.2) is 24.3 Å². The van der Waals surface area contributed by atoms with E-state index in [1.807, 2.05) is 0 Å². The molecule has 2 rings (SSSR count). The van der Waals surface area contributed by atoms with Gasteiger partial charge in [0.2, 0.25) is 0 Å². The Bertz CT molecular complexity index is 411. The Morgan fingerprint density at radius 2 is 1.65 bits per heavy atom. The zero-order valence-corrected chi connectivity index (χ0v) is 16.6. The fraction of sp³-hybridized carbons (Fsp3) is 0.727. The van der Waals surface area contributed by atoms with E-state index in [1.165, 1.54) is 76.2 Å². The van der Waals surface area contributed by atoms with Crippen LogP contribution in [0, 0.1) is 0 Å². The van der Waals surface area contributed by atoms with Gasteiger partial charge in [0.25, 0.3) is 0 Å². The van der Waals surface area contributed by atoms with Gasteiger partial charge in [-0.15, -0.1) is 0 Å². The third-order valence-electron chi connectivity index (χ3n) is 5.51. The highest BCUT2D eigenvalue weighted by molar-refractivity contribution is 7.67. The van der Waals surface area contributed by atoms with Gasteiger partial charge < -0.3 is 0 Å². The molecule has 0 nitrogen and oxygen atoms in total. The molecule has 0 aromatic heterocycles. The molecule has 1 aliphatic rings. The SMILES string of the molecule is CCCCc1ccc(P(C(CC)CCC)C2CCCCC2)cc1. The molecule has 0 saturated heterocycles. The smallest absolute Gasteiger partial charge is 0.0166 e. The first-order valence-corrected chi connectivity index (χ1v) is 11.6. The van der Waals surface area contributed by atoms with Gasteiger partial charge in [0.15, 0.2) is 0 Å². The zero-order valence-electron chi connectivity index (χ0n) is 15.7. The first-order valence-electron chi connectivity index (χ1n) is 10.2. The molecule has 1 aromatic rings. The van der Waals surface area contributed by atoms with Crippen molar-refractivity contribution in [2.75, 3.05) is 0 Å². The minimum absolute atomic E-state index is 0.0314. The van der Waals surface area contributed by atoms with Crippen molar-refractivity contribution in [3.8, 4) is 0 Å². The summed E-state index contributed by atoms with van der Waals surface area (Å²) in [6.07, 6.45) is 15.4. The van der Waals surface area contributed by atoms with Crippen LogP contribution < -0.4 is 5.30 Å². The molecule has 1 saturated carbocycles. The van der Waals surface area contributed by atoms with E-state index in [4.69, 9.17) is 0 Å². The highest BCUT2D eigenvalue weighted by atomic mass is 31.1. The first kappa shape index (κ1) is 19.0. The molecule has 0 heterocycles. The van der Waals surface area contributed by atoms with Crippen LogP contribution in [-0.4, -0.2) is 11.3 Å². The number of rotatable bonds is 9. The molecule has 0 radical (unpaired) electrons. The molecule has 0 aliphatic heterocycles. The van der Waals surface area contributed by atoms with Crippen LogP contribution in [0.1, 0.15) is 90.5 Å². The fourth-order valence-corrected chi connectivity index (χ4v) is 7.95. The molecule has 1 aliphatic carbocycles. The average molecular weight is 333 g/mol. The summed E-state index contributed by atoms with van der Waals surface area (Å²) < 4.78 is 0. The molecule has 1 aromatic carbocycles. The summed E-state index contributed by atoms with van der Waals surface area (Å²) in [5.74, 6) is 0. The Kier molecular flexibility index (Phi) is 8.67. The maximum atomic E-state index is 2.50. The lowest BCUT2D eigenvalue weighted by molar-refractivity contribution is 0.508. The summed E-state index contributed by atoms with van der Waals surface area (Å²) in [5, 5.41) is 1.70. The average Bonchev–Trinajstić information content (AvgIpc) is 2.61. The largest absolute Gasteiger partial charge is 0.0690 e. The van der Waals surface area contributed by atoms with Crippen LogP contribution in [0.5, 0.6) is 0 Å². The molecule has 0 amide bonds. The van der Waals surface area contributed by atoms with Crippen LogP contribution in [-0.2, 0) is 6.42 Å². The van der Waals surface area contributed by atoms with Crippen LogP contribution in [0.4, 0.5) is 0 Å². The van der Waals surface area contributed by atoms with Crippen LogP contribution >= 0.6 is 7.92 Å². The van der Waals surface area contributed by atoms with Crippen molar-refractivity contribution in [3.05, 3.63) is 29.8 Å². The van der Waals surface area contributed by atoms with E-state index in [1.54, 1.807) is 5.30 Å². The lowest BCUT2D eigenvalue weighted by Gasteiger charge is -2.36. The van der Waals surface area contributed by atoms with Crippen molar-refractivity contribution in [3.63, 3.8) is 0 Å². The number of hydrogen-bond donors (Lipinski definition) is 0. The number of aryl methyl sites for hydroxylation is 1. The van der Waals surface area contributed by atoms with Gasteiger partial charge in [-0.3, -0.25) is 0 Å². The summed E-state index contributed by atoms with van der Waals surface area (Å²) in [4.78, 5) is 0. The van der Waals surface area contributed by atoms with Crippen molar-refractivity contribution in [1.82, 2.24) is 0 Å². The maximum Gasteiger partial charge on any atom is -0.0166 e. The van der Waals surface area contributed by atoms with Crippen molar-refractivity contribution < 1.29 is 0 Å². The third kappa shape index (κ3) is 5.60. The molecular formula is C22H37P. The minimum atomic E-state index is 0.0314. The Morgan fingerprint density at radius 1 is 0.957 bits per heavy atom. The topological polar surface area (TPSA) is 0 Å². The van der Waals surface area contributed by atoms with Gasteiger partial charge in [-0.05, 0) is 60.7 Å². The number of benzene rings is 1. The number of hydrogen-bond acceptors (Lipinski definition) is 0. The highest BCUT2D eigenvalue weighted by Crippen LogP contribution is 2.53. The fourth-order valence-electron chi connectivity index (χ4n) is 4.17. The standard InChI is InChI=1S/C22H37P/c1-4-7-12-19-15-17-22(18-16-19)23(20(6-3)11-5-2)21-13-9-8-10-14-21/h15-18,20-21H,4-14H2,1-3H3. The van der Waals surface area contributed by atoms with Crippen molar-refractivity contribution in [2.24, 2.45) is 0 Å².